The highest BCUT2D eigenvalue weighted by atomic mass is 15.2. The maximum atomic E-state index is 5.07. The summed E-state index contributed by atoms with van der Waals surface area (Å²) in [5.41, 5.74) is 0. The van der Waals surface area contributed by atoms with Crippen molar-refractivity contribution in [3.05, 3.63) is 0 Å². The van der Waals surface area contributed by atoms with E-state index in [1.807, 2.05) is 0 Å². The van der Waals surface area contributed by atoms with E-state index in [9.17, 15) is 0 Å². The zero-order valence-electron chi connectivity index (χ0n) is 12.3. The molecule has 0 N–H and O–H groups in total. The molecule has 2 saturated carbocycles. The summed E-state index contributed by atoms with van der Waals surface area (Å²) in [5.74, 6) is 1.37. The van der Waals surface area contributed by atoms with E-state index < -0.39 is 0 Å². The van der Waals surface area contributed by atoms with Gasteiger partial charge in [0.25, 0.3) is 0 Å². The molecular weight excluding hydrogens is 220 g/mol. The maximum Gasteiger partial charge on any atom is 0.0989 e. The minimum Gasteiger partial charge on any atom is -0.360 e. The average molecular weight is 250 g/mol. The van der Waals surface area contributed by atoms with Crippen LogP contribution in [0.1, 0.15) is 77.6 Å². The van der Waals surface area contributed by atoms with Crippen molar-refractivity contribution in [2.24, 2.45) is 4.99 Å². The van der Waals surface area contributed by atoms with Gasteiger partial charge in [0, 0.05) is 19.5 Å². The number of aliphatic imine (C=N–C) groups is 1. The van der Waals surface area contributed by atoms with Gasteiger partial charge in [-0.2, -0.15) is 0 Å². The minimum atomic E-state index is 0.625. The lowest BCUT2D eigenvalue weighted by atomic mass is 9.94. The lowest BCUT2D eigenvalue weighted by molar-refractivity contribution is 0.272. The Labute approximate surface area is 113 Å². The van der Waals surface area contributed by atoms with Crippen molar-refractivity contribution >= 4 is 5.84 Å². The molecule has 2 aliphatic rings. The Morgan fingerprint density at radius 1 is 0.944 bits per heavy atom. The van der Waals surface area contributed by atoms with E-state index in [0.29, 0.717) is 6.04 Å². The molecule has 0 saturated heterocycles. The first kappa shape index (κ1) is 13.9. The summed E-state index contributed by atoms with van der Waals surface area (Å²) >= 11 is 0. The molecule has 18 heavy (non-hydrogen) atoms. The van der Waals surface area contributed by atoms with Crippen LogP contribution in [0.4, 0.5) is 0 Å². The summed E-state index contributed by atoms with van der Waals surface area (Å²) in [4.78, 5) is 7.58. The highest BCUT2D eigenvalue weighted by Gasteiger charge is 2.21. The van der Waals surface area contributed by atoms with Gasteiger partial charge in [-0.05, 0) is 25.7 Å². The molecule has 2 nitrogen and oxygen atoms in total. The van der Waals surface area contributed by atoms with Crippen molar-refractivity contribution in [3.8, 4) is 0 Å². The van der Waals surface area contributed by atoms with Gasteiger partial charge in [0.1, 0.15) is 0 Å². The SMILES string of the molecule is CCC(=NC1CCCCC1)N(C)C1CCCCC1. The summed E-state index contributed by atoms with van der Waals surface area (Å²) in [6, 6.07) is 1.39. The molecule has 0 radical (unpaired) electrons. The van der Waals surface area contributed by atoms with Crippen LogP contribution < -0.4 is 0 Å². The standard InChI is InChI=1S/C16H30N2/c1-3-16(17-14-10-6-4-7-11-14)18(2)15-12-8-5-9-13-15/h14-15H,3-13H2,1-2H3. The summed E-state index contributed by atoms with van der Waals surface area (Å²) in [6.07, 6.45) is 15.0. The first-order valence-corrected chi connectivity index (χ1v) is 8.10. The molecule has 0 aromatic carbocycles. The van der Waals surface area contributed by atoms with Crippen LogP contribution in [0.25, 0.3) is 0 Å². The first-order chi connectivity index (χ1) is 8.81. The number of nitrogens with zero attached hydrogens (tertiary/aromatic N) is 2. The molecule has 0 spiro atoms. The molecule has 2 fully saturated rings. The van der Waals surface area contributed by atoms with Gasteiger partial charge in [-0.3, -0.25) is 4.99 Å². The monoisotopic (exact) mass is 250 g/mol. The van der Waals surface area contributed by atoms with E-state index in [1.165, 1.54) is 70.0 Å². The third kappa shape index (κ3) is 3.73. The van der Waals surface area contributed by atoms with E-state index in [4.69, 9.17) is 4.99 Å². The Balaban J connectivity index is 1.94. The molecule has 2 rings (SSSR count). The Bertz CT molecular complexity index is 260. The lowest BCUT2D eigenvalue weighted by Crippen LogP contribution is -2.38. The molecule has 0 aromatic rings. The van der Waals surface area contributed by atoms with Gasteiger partial charge in [-0.15, -0.1) is 0 Å². The predicted molar refractivity (Wildman–Crippen MR) is 79.2 cm³/mol. The number of amidine groups is 1. The molecule has 104 valence electrons. The van der Waals surface area contributed by atoms with Crippen molar-refractivity contribution in [3.63, 3.8) is 0 Å². The molecule has 0 unspecified atom stereocenters. The summed E-state index contributed by atoms with van der Waals surface area (Å²) in [6.45, 7) is 2.26. The maximum absolute atomic E-state index is 5.07. The van der Waals surface area contributed by atoms with Crippen LogP contribution in [0.15, 0.2) is 4.99 Å². The average Bonchev–Trinajstić information content (AvgIpc) is 2.46. The normalized spacial score (nSPS) is 24.2. The smallest absolute Gasteiger partial charge is 0.0989 e. The predicted octanol–water partition coefficient (Wildman–Crippen LogP) is 4.39. The van der Waals surface area contributed by atoms with Crippen LogP contribution in [0.5, 0.6) is 0 Å². The second-order valence-corrected chi connectivity index (χ2v) is 6.09. The van der Waals surface area contributed by atoms with Gasteiger partial charge in [0.2, 0.25) is 0 Å². The second kappa shape index (κ2) is 7.16. The van der Waals surface area contributed by atoms with E-state index in [1.54, 1.807) is 0 Å². The molecule has 0 bridgehead atoms. The summed E-state index contributed by atoms with van der Waals surface area (Å²) in [7, 11) is 2.28. The van der Waals surface area contributed by atoms with E-state index in [-0.39, 0.29) is 0 Å². The van der Waals surface area contributed by atoms with Gasteiger partial charge in [-0.25, -0.2) is 0 Å². The van der Waals surface area contributed by atoms with Crippen molar-refractivity contribution in [1.82, 2.24) is 4.90 Å². The van der Waals surface area contributed by atoms with Gasteiger partial charge >= 0.3 is 0 Å². The Hall–Kier alpha value is -0.530. The minimum absolute atomic E-state index is 0.625. The van der Waals surface area contributed by atoms with Crippen LogP contribution in [0.2, 0.25) is 0 Å². The number of hydrogen-bond donors (Lipinski definition) is 0. The fourth-order valence-electron chi connectivity index (χ4n) is 3.53. The van der Waals surface area contributed by atoms with Crippen LogP contribution in [0.3, 0.4) is 0 Å². The molecule has 0 aliphatic heterocycles. The molecule has 0 amide bonds. The molecule has 2 aliphatic carbocycles. The number of hydrogen-bond acceptors (Lipinski definition) is 1. The largest absolute Gasteiger partial charge is 0.360 e. The fraction of sp³-hybridized carbons (Fsp3) is 0.938. The highest BCUT2D eigenvalue weighted by molar-refractivity contribution is 5.82. The first-order valence-electron chi connectivity index (χ1n) is 8.10. The Kier molecular flexibility index (Phi) is 5.52. The molecule has 0 heterocycles. The topological polar surface area (TPSA) is 15.6 Å². The fourth-order valence-corrected chi connectivity index (χ4v) is 3.53. The van der Waals surface area contributed by atoms with E-state index in [0.717, 1.165) is 12.5 Å². The molecule has 2 heteroatoms. The van der Waals surface area contributed by atoms with Gasteiger partial charge in [-0.1, -0.05) is 45.4 Å². The Morgan fingerprint density at radius 2 is 1.50 bits per heavy atom. The van der Waals surface area contributed by atoms with Crippen LogP contribution in [-0.2, 0) is 0 Å². The van der Waals surface area contributed by atoms with Gasteiger partial charge in [0.15, 0.2) is 0 Å². The quantitative estimate of drug-likeness (QED) is 0.536. The lowest BCUT2D eigenvalue weighted by Gasteiger charge is -2.34. The van der Waals surface area contributed by atoms with Crippen LogP contribution in [-0.4, -0.2) is 29.9 Å². The van der Waals surface area contributed by atoms with Crippen molar-refractivity contribution in [2.45, 2.75) is 89.6 Å². The summed E-state index contributed by atoms with van der Waals surface area (Å²) in [5, 5.41) is 0. The highest BCUT2D eigenvalue weighted by Crippen LogP contribution is 2.24. The Morgan fingerprint density at radius 3 is 2.06 bits per heavy atom. The van der Waals surface area contributed by atoms with Crippen LogP contribution >= 0.6 is 0 Å². The van der Waals surface area contributed by atoms with Gasteiger partial charge in [0.05, 0.1) is 11.9 Å². The van der Waals surface area contributed by atoms with Crippen molar-refractivity contribution < 1.29 is 0 Å². The van der Waals surface area contributed by atoms with Crippen molar-refractivity contribution in [2.75, 3.05) is 7.05 Å². The zero-order chi connectivity index (χ0) is 12.8. The molecular formula is C16H30N2. The van der Waals surface area contributed by atoms with Crippen LogP contribution in [0, 0.1) is 0 Å². The zero-order valence-corrected chi connectivity index (χ0v) is 12.3. The van der Waals surface area contributed by atoms with E-state index >= 15 is 0 Å². The van der Waals surface area contributed by atoms with Gasteiger partial charge < -0.3 is 4.90 Å². The second-order valence-electron chi connectivity index (χ2n) is 6.09. The third-order valence-corrected chi connectivity index (χ3v) is 4.75. The molecule has 0 aromatic heterocycles. The third-order valence-electron chi connectivity index (χ3n) is 4.75. The molecule has 0 atom stereocenters. The van der Waals surface area contributed by atoms with Crippen molar-refractivity contribution in [1.29, 1.82) is 0 Å². The van der Waals surface area contributed by atoms with E-state index in [2.05, 4.69) is 18.9 Å². The number of rotatable bonds is 3. The summed E-state index contributed by atoms with van der Waals surface area (Å²) < 4.78 is 0.